The van der Waals surface area contributed by atoms with E-state index in [-0.39, 0.29) is 11.2 Å². The number of hydrogen-bond donors (Lipinski definition) is 1. The van der Waals surface area contributed by atoms with Crippen LogP contribution in [0.3, 0.4) is 0 Å². The lowest BCUT2D eigenvalue weighted by Crippen LogP contribution is -2.56. The van der Waals surface area contributed by atoms with Crippen LogP contribution >= 0.6 is 0 Å². The summed E-state index contributed by atoms with van der Waals surface area (Å²) in [4.78, 5) is 26.4. The van der Waals surface area contributed by atoms with Crippen molar-refractivity contribution < 1.29 is 4.39 Å². The van der Waals surface area contributed by atoms with Crippen LogP contribution < -0.4 is 10.6 Å². The Labute approximate surface area is 264 Å². The molecular weight excluding hydrogens is 579 g/mol. The van der Waals surface area contributed by atoms with Crippen LogP contribution in [-0.2, 0) is 6.54 Å². The normalized spacial score (nSPS) is 15.7. The van der Waals surface area contributed by atoms with Crippen LogP contribution in [0.4, 0.5) is 16.0 Å². The minimum Gasteiger partial charge on any atom is -0.383 e. The fourth-order valence-electron chi connectivity index (χ4n) is 6.87. The highest BCUT2D eigenvalue weighted by atomic mass is 19.1. The average molecular weight is 609 g/mol. The van der Waals surface area contributed by atoms with Gasteiger partial charge in [0.2, 0.25) is 5.82 Å². The van der Waals surface area contributed by atoms with Crippen LogP contribution in [0.2, 0.25) is 0 Å². The number of fused-ring (bicyclic) bond motifs is 1. The van der Waals surface area contributed by atoms with Crippen LogP contribution in [0.1, 0.15) is 17.8 Å². The smallest absolute Gasteiger partial charge is 0.234 e. The summed E-state index contributed by atoms with van der Waals surface area (Å²) >= 11 is 0. The number of hydrogen-bond acceptors (Lipinski definition) is 9. The van der Waals surface area contributed by atoms with Gasteiger partial charge in [-0.05, 0) is 66.6 Å². The van der Waals surface area contributed by atoms with Crippen LogP contribution in [0.25, 0.3) is 39.2 Å². The lowest BCUT2D eigenvalue weighted by Gasteiger charge is -2.48. The fourth-order valence-corrected chi connectivity index (χ4v) is 6.87. The van der Waals surface area contributed by atoms with Crippen molar-refractivity contribution in [3.8, 4) is 34.4 Å². The van der Waals surface area contributed by atoms with E-state index in [0.717, 1.165) is 72.8 Å². The number of anilines is 2. The SMILES string of the molecule is N#Cc1nccc(N2CCC3(CN(Cc4ccc(-n5c(-c6cccnc6N)cc6cnc(-c7ccc(F)cn7)cc65)cc4)C3)C2)n1. The van der Waals surface area contributed by atoms with Gasteiger partial charge in [0.15, 0.2) is 0 Å². The van der Waals surface area contributed by atoms with Crippen molar-refractivity contribution in [2.45, 2.75) is 13.0 Å². The Morgan fingerprint density at radius 3 is 2.52 bits per heavy atom. The number of nitrogens with zero attached hydrogens (tertiary/aromatic N) is 9. The Bertz CT molecular complexity index is 2110. The molecule has 1 aromatic carbocycles. The van der Waals surface area contributed by atoms with Gasteiger partial charge in [0.25, 0.3) is 0 Å². The summed E-state index contributed by atoms with van der Waals surface area (Å²) < 4.78 is 15.7. The summed E-state index contributed by atoms with van der Waals surface area (Å²) in [5, 5.41) is 10.1. The van der Waals surface area contributed by atoms with Gasteiger partial charge in [-0.15, -0.1) is 0 Å². The summed E-state index contributed by atoms with van der Waals surface area (Å²) in [5.74, 6) is 1.10. The van der Waals surface area contributed by atoms with Crippen molar-refractivity contribution in [3.63, 3.8) is 0 Å². The van der Waals surface area contributed by atoms with E-state index >= 15 is 0 Å². The molecule has 2 aliphatic heterocycles. The third kappa shape index (κ3) is 4.98. The highest BCUT2D eigenvalue weighted by molar-refractivity contribution is 5.92. The zero-order valence-electron chi connectivity index (χ0n) is 24.9. The topological polar surface area (TPSA) is 126 Å². The van der Waals surface area contributed by atoms with Gasteiger partial charge in [-0.2, -0.15) is 5.26 Å². The van der Waals surface area contributed by atoms with E-state index in [9.17, 15) is 9.65 Å². The van der Waals surface area contributed by atoms with Gasteiger partial charge < -0.3 is 15.2 Å². The molecule has 5 aromatic heterocycles. The first-order valence-electron chi connectivity index (χ1n) is 15.1. The number of pyridine rings is 3. The highest BCUT2D eigenvalue weighted by Gasteiger charge is 2.47. The number of rotatable bonds is 6. The molecule has 7 heterocycles. The molecule has 2 aliphatic rings. The van der Waals surface area contributed by atoms with Crippen LogP contribution in [-0.4, -0.2) is 60.6 Å². The molecule has 11 heteroatoms. The lowest BCUT2D eigenvalue weighted by atomic mass is 9.79. The summed E-state index contributed by atoms with van der Waals surface area (Å²) in [6.07, 6.45) is 7.47. The Kier molecular flexibility index (Phi) is 6.65. The van der Waals surface area contributed by atoms with E-state index in [1.54, 1.807) is 18.5 Å². The summed E-state index contributed by atoms with van der Waals surface area (Å²) in [6, 6.07) is 23.5. The molecule has 8 rings (SSSR count). The highest BCUT2D eigenvalue weighted by Crippen LogP contribution is 2.41. The molecule has 2 N–H and O–H groups in total. The molecule has 0 saturated carbocycles. The van der Waals surface area contributed by atoms with E-state index < -0.39 is 5.82 Å². The van der Waals surface area contributed by atoms with Gasteiger partial charge in [-0.3, -0.25) is 14.9 Å². The largest absolute Gasteiger partial charge is 0.383 e. The third-order valence-electron chi connectivity index (χ3n) is 9.01. The maximum atomic E-state index is 13.6. The molecule has 0 amide bonds. The number of likely N-dealkylation sites (tertiary alicyclic amines) is 1. The van der Waals surface area contributed by atoms with Crippen molar-refractivity contribution >= 4 is 22.5 Å². The Hall–Kier alpha value is -5.73. The number of benzene rings is 1. The van der Waals surface area contributed by atoms with Crippen LogP contribution in [0.5, 0.6) is 0 Å². The average Bonchev–Trinajstić information content (AvgIpc) is 3.68. The van der Waals surface area contributed by atoms with Crippen molar-refractivity contribution in [1.29, 1.82) is 5.26 Å². The number of nitriles is 1. The minimum absolute atomic E-state index is 0.211. The summed E-state index contributed by atoms with van der Waals surface area (Å²) in [7, 11) is 0. The molecule has 46 heavy (non-hydrogen) atoms. The van der Waals surface area contributed by atoms with Gasteiger partial charge >= 0.3 is 0 Å². The van der Waals surface area contributed by atoms with E-state index in [1.165, 1.54) is 17.8 Å². The molecule has 0 aliphatic carbocycles. The molecule has 1 spiro atoms. The number of halogens is 1. The molecule has 2 fully saturated rings. The van der Waals surface area contributed by atoms with Crippen molar-refractivity contribution in [2.75, 3.05) is 36.8 Å². The predicted octanol–water partition coefficient (Wildman–Crippen LogP) is 5.24. The Balaban J connectivity index is 1.05. The fraction of sp³-hybridized carbons (Fsp3) is 0.200. The Morgan fingerprint density at radius 1 is 0.891 bits per heavy atom. The van der Waals surface area contributed by atoms with E-state index in [1.807, 2.05) is 36.5 Å². The molecule has 226 valence electrons. The van der Waals surface area contributed by atoms with Crippen LogP contribution in [0, 0.1) is 22.6 Å². The van der Waals surface area contributed by atoms with Gasteiger partial charge in [0, 0.05) is 73.4 Å². The monoisotopic (exact) mass is 608 g/mol. The van der Waals surface area contributed by atoms with E-state index in [4.69, 9.17) is 5.73 Å². The number of aromatic nitrogens is 6. The van der Waals surface area contributed by atoms with Gasteiger partial charge in [0.1, 0.15) is 23.5 Å². The lowest BCUT2D eigenvalue weighted by molar-refractivity contribution is 0.0117. The molecule has 0 radical (unpaired) electrons. The maximum absolute atomic E-state index is 13.6. The number of nitrogens with two attached hydrogens (primary N) is 1. The maximum Gasteiger partial charge on any atom is 0.234 e. The first-order valence-corrected chi connectivity index (χ1v) is 15.1. The molecule has 0 bridgehead atoms. The van der Waals surface area contributed by atoms with E-state index in [0.29, 0.717) is 17.2 Å². The first-order chi connectivity index (χ1) is 22.5. The summed E-state index contributed by atoms with van der Waals surface area (Å²) in [6.45, 7) is 4.80. The molecule has 0 unspecified atom stereocenters. The van der Waals surface area contributed by atoms with Crippen LogP contribution in [0.15, 0.2) is 91.5 Å². The van der Waals surface area contributed by atoms with Gasteiger partial charge in [0.05, 0.1) is 28.8 Å². The molecule has 2 saturated heterocycles. The third-order valence-corrected chi connectivity index (χ3v) is 9.01. The second-order valence-corrected chi connectivity index (χ2v) is 12.1. The quantitative estimate of drug-likeness (QED) is 0.270. The van der Waals surface area contributed by atoms with Crippen molar-refractivity contribution in [2.24, 2.45) is 5.41 Å². The molecule has 0 atom stereocenters. The molecular formula is C35H29FN10. The molecule has 10 nitrogen and oxygen atoms in total. The minimum atomic E-state index is -0.390. The van der Waals surface area contributed by atoms with Crippen molar-refractivity contribution in [1.82, 2.24) is 34.4 Å². The van der Waals surface area contributed by atoms with E-state index in [2.05, 4.69) is 69.6 Å². The zero-order valence-corrected chi connectivity index (χ0v) is 24.9. The summed E-state index contributed by atoms with van der Waals surface area (Å²) in [5.41, 5.74) is 12.7. The predicted molar refractivity (Wildman–Crippen MR) is 173 cm³/mol. The van der Waals surface area contributed by atoms with Gasteiger partial charge in [-0.25, -0.2) is 19.3 Å². The second kappa shape index (κ2) is 11.0. The van der Waals surface area contributed by atoms with Crippen molar-refractivity contribution in [3.05, 3.63) is 109 Å². The number of nitrogen functional groups attached to an aromatic ring is 1. The Morgan fingerprint density at radius 2 is 1.74 bits per heavy atom. The second-order valence-electron chi connectivity index (χ2n) is 12.1. The van der Waals surface area contributed by atoms with Gasteiger partial charge in [-0.1, -0.05) is 12.1 Å². The first kappa shape index (κ1) is 27.8. The zero-order chi connectivity index (χ0) is 31.3. The standard InChI is InChI=1S/C35H29FN10/c36-25-5-8-28(42-18-25)29-15-30-24(17-41-29)14-31(27-2-1-11-40-34(27)38)46(30)26-6-3-23(4-7-26)19-44-20-35(21-44)10-13-45(22-35)33-9-12-39-32(16-37)43-33/h1-9,11-12,14-15,17-18H,10,13,19-22H2,(H2,38,40). The molecule has 6 aromatic rings.